The van der Waals surface area contributed by atoms with E-state index in [9.17, 15) is 0 Å². The van der Waals surface area contributed by atoms with Crippen molar-refractivity contribution in [3.63, 3.8) is 0 Å². The Kier molecular flexibility index (Phi) is 4.17. The Morgan fingerprint density at radius 3 is 2.69 bits per heavy atom. The molecule has 1 aliphatic carbocycles. The monoisotopic (exact) mass is 215 g/mol. The predicted octanol–water partition coefficient (Wildman–Crippen LogP) is 3.45. The van der Waals surface area contributed by atoms with Crippen molar-refractivity contribution in [3.8, 4) is 0 Å². The van der Waals surface area contributed by atoms with Gasteiger partial charge in [-0.2, -0.15) is 0 Å². The zero-order valence-corrected chi connectivity index (χ0v) is 9.86. The molecule has 0 radical (unpaired) electrons. The van der Waals surface area contributed by atoms with Crippen LogP contribution in [0.4, 0.5) is 0 Å². The van der Waals surface area contributed by atoms with Crippen molar-refractivity contribution in [2.45, 2.75) is 44.6 Å². The summed E-state index contributed by atoms with van der Waals surface area (Å²) in [5.41, 5.74) is 8.96. The Morgan fingerprint density at radius 1 is 1.12 bits per heavy atom. The first kappa shape index (κ1) is 11.4. The van der Waals surface area contributed by atoms with Crippen LogP contribution in [-0.2, 0) is 6.42 Å². The van der Waals surface area contributed by atoms with Gasteiger partial charge in [0.2, 0.25) is 0 Å². The van der Waals surface area contributed by atoms with Crippen LogP contribution in [0.25, 0.3) is 0 Å². The molecule has 1 aromatic rings. The number of benzene rings is 1. The second-order valence-electron chi connectivity index (χ2n) is 4.72. The van der Waals surface area contributed by atoms with Gasteiger partial charge >= 0.3 is 0 Å². The van der Waals surface area contributed by atoms with Crippen molar-refractivity contribution in [3.05, 3.63) is 47.5 Å². The maximum Gasteiger partial charge on any atom is 0.0226 e. The predicted molar refractivity (Wildman–Crippen MR) is 69.3 cm³/mol. The first-order valence-corrected chi connectivity index (χ1v) is 6.33. The van der Waals surface area contributed by atoms with Crippen molar-refractivity contribution in [2.75, 3.05) is 0 Å². The number of hydrogen-bond donors (Lipinski definition) is 1. The summed E-state index contributed by atoms with van der Waals surface area (Å²) in [5.74, 6) is 0. The van der Waals surface area contributed by atoms with Gasteiger partial charge in [0, 0.05) is 6.04 Å². The lowest BCUT2D eigenvalue weighted by molar-refractivity contribution is 0.602. The fraction of sp³-hybridized carbons (Fsp3) is 0.467. The lowest BCUT2D eigenvalue weighted by Crippen LogP contribution is -2.20. The molecule has 0 amide bonds. The molecule has 1 aliphatic rings. The Balaban J connectivity index is 1.76. The second-order valence-corrected chi connectivity index (χ2v) is 4.72. The van der Waals surface area contributed by atoms with Gasteiger partial charge in [0.1, 0.15) is 0 Å². The summed E-state index contributed by atoms with van der Waals surface area (Å²) in [7, 11) is 0. The van der Waals surface area contributed by atoms with Crippen LogP contribution in [-0.4, -0.2) is 6.04 Å². The highest BCUT2D eigenvalue weighted by Crippen LogP contribution is 2.21. The summed E-state index contributed by atoms with van der Waals surface area (Å²) >= 11 is 0. The molecule has 0 heterocycles. The van der Waals surface area contributed by atoms with Gasteiger partial charge in [0.25, 0.3) is 0 Å². The molecule has 16 heavy (non-hydrogen) atoms. The van der Waals surface area contributed by atoms with Crippen LogP contribution in [0, 0.1) is 0 Å². The lowest BCUT2D eigenvalue weighted by atomic mass is 9.92. The number of nitrogens with two attached hydrogens (primary N) is 1. The second kappa shape index (κ2) is 5.86. The fourth-order valence-electron chi connectivity index (χ4n) is 2.41. The van der Waals surface area contributed by atoms with Crippen molar-refractivity contribution >= 4 is 0 Å². The van der Waals surface area contributed by atoms with E-state index in [1.165, 1.54) is 44.1 Å². The third-order valence-corrected chi connectivity index (χ3v) is 3.29. The number of allylic oxidation sites excluding steroid dienone is 1. The van der Waals surface area contributed by atoms with Gasteiger partial charge in [-0.3, -0.25) is 0 Å². The molecule has 1 heteroatoms. The minimum Gasteiger partial charge on any atom is -0.324 e. The van der Waals surface area contributed by atoms with E-state index in [4.69, 9.17) is 5.73 Å². The molecule has 1 aromatic carbocycles. The average Bonchev–Trinajstić information content (AvgIpc) is 2.30. The number of rotatable bonds is 4. The SMILES string of the molecule is NC1C=C(CCCc2ccccc2)CCC1. The quantitative estimate of drug-likeness (QED) is 0.765. The number of hydrogen-bond acceptors (Lipinski definition) is 1. The smallest absolute Gasteiger partial charge is 0.0226 e. The maximum absolute atomic E-state index is 5.93. The van der Waals surface area contributed by atoms with Gasteiger partial charge < -0.3 is 5.73 Å². The standard InChI is InChI=1S/C15H21N/c16-15-11-5-10-14(12-15)9-4-8-13-6-2-1-3-7-13/h1-3,6-7,12,15H,4-5,8-11,16H2. The van der Waals surface area contributed by atoms with Crippen LogP contribution < -0.4 is 5.73 Å². The molecular formula is C15H21N. The molecule has 0 fully saturated rings. The minimum atomic E-state index is 0.320. The van der Waals surface area contributed by atoms with Gasteiger partial charge in [-0.25, -0.2) is 0 Å². The summed E-state index contributed by atoms with van der Waals surface area (Å²) in [6.07, 6.45) is 9.66. The first-order valence-electron chi connectivity index (χ1n) is 6.33. The molecule has 0 aliphatic heterocycles. The topological polar surface area (TPSA) is 26.0 Å². The Morgan fingerprint density at radius 2 is 1.94 bits per heavy atom. The highest BCUT2D eigenvalue weighted by molar-refractivity contribution is 5.15. The van der Waals surface area contributed by atoms with Gasteiger partial charge in [-0.15, -0.1) is 0 Å². The van der Waals surface area contributed by atoms with Crippen molar-refractivity contribution in [1.82, 2.24) is 0 Å². The molecule has 1 nitrogen and oxygen atoms in total. The largest absolute Gasteiger partial charge is 0.324 e. The Labute approximate surface area is 98.4 Å². The molecule has 0 aromatic heterocycles. The molecule has 2 rings (SSSR count). The Hall–Kier alpha value is -1.08. The molecule has 86 valence electrons. The third kappa shape index (κ3) is 3.49. The highest BCUT2D eigenvalue weighted by Gasteiger charge is 2.09. The van der Waals surface area contributed by atoms with E-state index in [0.717, 1.165) is 0 Å². The van der Waals surface area contributed by atoms with Gasteiger partial charge in [0.15, 0.2) is 0 Å². The minimum absolute atomic E-state index is 0.320. The molecular weight excluding hydrogens is 194 g/mol. The summed E-state index contributed by atoms with van der Waals surface area (Å²) in [4.78, 5) is 0. The van der Waals surface area contributed by atoms with E-state index in [0.29, 0.717) is 6.04 Å². The molecule has 0 spiro atoms. The van der Waals surface area contributed by atoms with E-state index in [2.05, 4.69) is 36.4 Å². The summed E-state index contributed by atoms with van der Waals surface area (Å²) in [6.45, 7) is 0. The molecule has 1 atom stereocenters. The van der Waals surface area contributed by atoms with E-state index < -0.39 is 0 Å². The summed E-state index contributed by atoms with van der Waals surface area (Å²) < 4.78 is 0. The lowest BCUT2D eigenvalue weighted by Gasteiger charge is -2.17. The molecule has 0 saturated heterocycles. The first-order chi connectivity index (χ1) is 7.84. The van der Waals surface area contributed by atoms with Gasteiger partial charge in [-0.05, 0) is 44.1 Å². The summed E-state index contributed by atoms with van der Waals surface area (Å²) in [6, 6.07) is 11.0. The van der Waals surface area contributed by atoms with Crippen LogP contribution in [0.3, 0.4) is 0 Å². The van der Waals surface area contributed by atoms with Crippen LogP contribution in [0.2, 0.25) is 0 Å². The molecule has 0 bridgehead atoms. The van der Waals surface area contributed by atoms with E-state index >= 15 is 0 Å². The van der Waals surface area contributed by atoms with E-state index in [1.807, 2.05) is 0 Å². The van der Waals surface area contributed by atoms with Crippen LogP contribution in [0.15, 0.2) is 42.0 Å². The molecule has 1 unspecified atom stereocenters. The summed E-state index contributed by atoms with van der Waals surface area (Å²) in [5, 5.41) is 0. The van der Waals surface area contributed by atoms with Crippen LogP contribution in [0.5, 0.6) is 0 Å². The number of aryl methyl sites for hydroxylation is 1. The van der Waals surface area contributed by atoms with E-state index in [-0.39, 0.29) is 0 Å². The third-order valence-electron chi connectivity index (χ3n) is 3.29. The van der Waals surface area contributed by atoms with Gasteiger partial charge in [-0.1, -0.05) is 42.0 Å². The molecule has 2 N–H and O–H groups in total. The van der Waals surface area contributed by atoms with Crippen molar-refractivity contribution in [2.24, 2.45) is 5.73 Å². The van der Waals surface area contributed by atoms with Crippen molar-refractivity contribution in [1.29, 1.82) is 0 Å². The fourth-order valence-corrected chi connectivity index (χ4v) is 2.41. The highest BCUT2D eigenvalue weighted by atomic mass is 14.6. The van der Waals surface area contributed by atoms with Crippen molar-refractivity contribution < 1.29 is 0 Å². The normalized spacial score (nSPS) is 20.6. The van der Waals surface area contributed by atoms with E-state index in [1.54, 1.807) is 5.57 Å². The average molecular weight is 215 g/mol. The van der Waals surface area contributed by atoms with Crippen LogP contribution in [0.1, 0.15) is 37.7 Å². The zero-order chi connectivity index (χ0) is 11.2. The Bertz CT molecular complexity index is 340. The zero-order valence-electron chi connectivity index (χ0n) is 9.86. The molecule has 0 saturated carbocycles. The van der Waals surface area contributed by atoms with Gasteiger partial charge in [0.05, 0.1) is 0 Å². The van der Waals surface area contributed by atoms with Crippen LogP contribution >= 0.6 is 0 Å². The maximum atomic E-state index is 5.93.